The van der Waals surface area contributed by atoms with Crippen LogP contribution in [0, 0.1) is 5.92 Å². The maximum Gasteiger partial charge on any atom is 0.341 e. The van der Waals surface area contributed by atoms with Gasteiger partial charge in [-0.1, -0.05) is 6.92 Å². The topological polar surface area (TPSA) is 142 Å². The lowest BCUT2D eigenvalue weighted by molar-refractivity contribution is -0.119. The molecule has 3 N–H and O–H groups in total. The van der Waals surface area contributed by atoms with Gasteiger partial charge in [0.1, 0.15) is 5.00 Å². The number of ether oxygens (including phenoxy) is 2. The highest BCUT2D eigenvalue weighted by Gasteiger charge is 2.29. The summed E-state index contributed by atoms with van der Waals surface area (Å²) in [5.41, 5.74) is 1.34. The summed E-state index contributed by atoms with van der Waals surface area (Å²) in [4.78, 5) is 38.3. The predicted octanol–water partition coefficient (Wildman–Crippen LogP) is 2.88. The minimum absolute atomic E-state index is 0.0666. The van der Waals surface area contributed by atoms with Crippen molar-refractivity contribution in [3.63, 3.8) is 0 Å². The monoisotopic (exact) mass is 494 g/mol. The number of hydrogen-bond donors (Lipinski definition) is 2. The minimum atomic E-state index is -3.88. The average molecular weight is 495 g/mol. The van der Waals surface area contributed by atoms with Crippen molar-refractivity contribution < 1.29 is 32.3 Å². The fraction of sp³-hybridized carbons (Fsp3) is 0.409. The highest BCUT2D eigenvalue weighted by Crippen LogP contribution is 2.40. The normalized spacial score (nSPS) is 15.6. The first-order chi connectivity index (χ1) is 15.5. The fourth-order valence-corrected chi connectivity index (χ4v) is 5.42. The van der Waals surface area contributed by atoms with Crippen LogP contribution >= 0.6 is 11.3 Å². The van der Waals surface area contributed by atoms with E-state index in [2.05, 4.69) is 12.2 Å². The van der Waals surface area contributed by atoms with Crippen LogP contribution < -0.4 is 10.5 Å². The van der Waals surface area contributed by atoms with E-state index in [0.717, 1.165) is 29.7 Å². The Kier molecular flexibility index (Phi) is 7.55. The van der Waals surface area contributed by atoms with Gasteiger partial charge in [0, 0.05) is 4.88 Å². The molecule has 0 radical (unpaired) electrons. The van der Waals surface area contributed by atoms with Crippen LogP contribution in [-0.2, 0) is 37.1 Å². The lowest BCUT2D eigenvalue weighted by Crippen LogP contribution is -2.22. The average Bonchev–Trinajstić information content (AvgIpc) is 3.07. The number of amides is 1. The van der Waals surface area contributed by atoms with Crippen LogP contribution in [0.15, 0.2) is 29.2 Å². The van der Waals surface area contributed by atoms with Crippen molar-refractivity contribution in [2.24, 2.45) is 11.1 Å². The molecule has 1 aromatic carbocycles. The van der Waals surface area contributed by atoms with Gasteiger partial charge in [-0.3, -0.25) is 4.79 Å². The molecule has 3 rings (SSSR count). The van der Waals surface area contributed by atoms with Crippen molar-refractivity contribution in [2.45, 2.75) is 51.0 Å². The summed E-state index contributed by atoms with van der Waals surface area (Å²) in [6.07, 6.45) is 2.19. The van der Waals surface area contributed by atoms with Gasteiger partial charge >= 0.3 is 11.9 Å². The highest BCUT2D eigenvalue weighted by atomic mass is 32.2. The number of sulfonamides is 1. The van der Waals surface area contributed by atoms with E-state index in [-0.39, 0.29) is 16.6 Å². The molecule has 33 heavy (non-hydrogen) atoms. The zero-order chi connectivity index (χ0) is 24.3. The molecule has 2 aromatic rings. The first kappa shape index (κ1) is 24.9. The van der Waals surface area contributed by atoms with Crippen LogP contribution in [0.4, 0.5) is 5.00 Å². The molecular formula is C22H26N2O7S2. The second-order valence-corrected chi connectivity index (χ2v) is 10.9. The van der Waals surface area contributed by atoms with E-state index in [1.807, 2.05) is 0 Å². The predicted molar refractivity (Wildman–Crippen MR) is 123 cm³/mol. The Balaban J connectivity index is 1.69. The van der Waals surface area contributed by atoms with E-state index in [1.165, 1.54) is 35.6 Å². The van der Waals surface area contributed by atoms with Crippen LogP contribution in [0.5, 0.6) is 0 Å². The Morgan fingerprint density at radius 2 is 1.85 bits per heavy atom. The third-order valence-electron chi connectivity index (χ3n) is 5.06. The van der Waals surface area contributed by atoms with E-state index >= 15 is 0 Å². The molecule has 0 aliphatic heterocycles. The molecular weight excluding hydrogens is 468 g/mol. The molecule has 1 atom stereocenters. The second kappa shape index (κ2) is 10.0. The maximum atomic E-state index is 12.7. The Morgan fingerprint density at radius 3 is 2.45 bits per heavy atom. The van der Waals surface area contributed by atoms with Gasteiger partial charge < -0.3 is 14.8 Å². The van der Waals surface area contributed by atoms with Crippen LogP contribution in [0.3, 0.4) is 0 Å². The van der Waals surface area contributed by atoms with E-state index < -0.39 is 34.5 Å². The van der Waals surface area contributed by atoms with Crippen LogP contribution in [0.25, 0.3) is 0 Å². The van der Waals surface area contributed by atoms with Gasteiger partial charge in [0.25, 0.3) is 5.91 Å². The van der Waals surface area contributed by atoms with E-state index in [4.69, 9.17) is 14.6 Å². The van der Waals surface area contributed by atoms with Crippen LogP contribution in [0.1, 0.15) is 58.3 Å². The molecule has 1 aliphatic rings. The Hall–Kier alpha value is -2.76. The van der Waals surface area contributed by atoms with Gasteiger partial charge in [0.05, 0.1) is 22.1 Å². The number of esters is 2. The molecule has 1 amide bonds. The molecule has 178 valence electrons. The number of nitrogens with one attached hydrogen (secondary N) is 1. The van der Waals surface area contributed by atoms with Crippen molar-refractivity contribution in [3.05, 3.63) is 45.8 Å². The van der Waals surface area contributed by atoms with Crippen LogP contribution in [-0.4, -0.2) is 39.0 Å². The van der Waals surface area contributed by atoms with Gasteiger partial charge in [0.15, 0.2) is 6.61 Å². The Bertz CT molecular complexity index is 1170. The quantitative estimate of drug-likeness (QED) is 0.564. The van der Waals surface area contributed by atoms with Gasteiger partial charge in [-0.25, -0.2) is 23.1 Å². The number of hydrogen-bond acceptors (Lipinski definition) is 8. The van der Waals surface area contributed by atoms with E-state index in [1.54, 1.807) is 13.8 Å². The number of carbonyl (C=O) groups excluding carboxylic acids is 3. The molecule has 1 heterocycles. The summed E-state index contributed by atoms with van der Waals surface area (Å²) in [6.45, 7) is 5.08. The number of anilines is 1. The fourth-order valence-electron chi connectivity index (χ4n) is 3.49. The van der Waals surface area contributed by atoms with Crippen molar-refractivity contribution >= 4 is 44.2 Å². The molecule has 0 spiro atoms. The largest absolute Gasteiger partial charge is 0.459 e. The third kappa shape index (κ3) is 6.18. The molecule has 0 bridgehead atoms. The van der Waals surface area contributed by atoms with E-state index in [0.29, 0.717) is 16.5 Å². The Morgan fingerprint density at radius 1 is 1.18 bits per heavy atom. The van der Waals surface area contributed by atoms with Gasteiger partial charge in [-0.2, -0.15) is 0 Å². The number of rotatable bonds is 7. The number of primary sulfonamides is 1. The highest BCUT2D eigenvalue weighted by molar-refractivity contribution is 7.89. The van der Waals surface area contributed by atoms with Gasteiger partial charge in [0.2, 0.25) is 10.0 Å². The SMILES string of the molecule is CC1CCc2c(sc(NC(=O)COC(=O)c3ccc(S(N)(=O)=O)cc3)c2C(=O)OC(C)C)C1. The minimum Gasteiger partial charge on any atom is -0.459 e. The second-order valence-electron chi connectivity index (χ2n) is 8.20. The number of carbonyl (C=O) groups is 3. The molecule has 1 unspecified atom stereocenters. The maximum absolute atomic E-state index is 12.7. The molecule has 0 saturated carbocycles. The lowest BCUT2D eigenvalue weighted by Gasteiger charge is -2.18. The first-order valence-electron chi connectivity index (χ1n) is 10.4. The molecule has 1 aromatic heterocycles. The van der Waals surface area contributed by atoms with Gasteiger partial charge in [-0.05, 0) is 68.9 Å². The third-order valence-corrected chi connectivity index (χ3v) is 7.16. The number of fused-ring (bicyclic) bond motifs is 1. The number of nitrogens with two attached hydrogens (primary N) is 1. The van der Waals surface area contributed by atoms with E-state index in [9.17, 15) is 22.8 Å². The van der Waals surface area contributed by atoms with Gasteiger partial charge in [-0.15, -0.1) is 11.3 Å². The van der Waals surface area contributed by atoms with Crippen molar-refractivity contribution in [1.82, 2.24) is 0 Å². The summed E-state index contributed by atoms with van der Waals surface area (Å²) in [7, 11) is -3.88. The molecule has 9 nitrogen and oxygen atoms in total. The molecule has 1 aliphatic carbocycles. The molecule has 0 saturated heterocycles. The number of benzene rings is 1. The summed E-state index contributed by atoms with van der Waals surface area (Å²) < 4.78 is 33.0. The summed E-state index contributed by atoms with van der Waals surface area (Å²) in [5.74, 6) is -1.41. The standard InChI is InChI=1S/C22H26N2O7S2/c1-12(2)31-22(27)19-16-9-4-13(3)10-17(16)32-20(19)24-18(25)11-30-21(26)14-5-7-15(8-6-14)33(23,28)29/h5-8,12-13H,4,9-11H2,1-3H3,(H,24,25)(H2,23,28,29). The lowest BCUT2D eigenvalue weighted by atomic mass is 9.88. The zero-order valence-corrected chi connectivity index (χ0v) is 20.2. The smallest absolute Gasteiger partial charge is 0.341 e. The summed E-state index contributed by atoms with van der Waals surface area (Å²) in [5, 5.41) is 8.10. The summed E-state index contributed by atoms with van der Waals surface area (Å²) in [6, 6.07) is 4.84. The van der Waals surface area contributed by atoms with Crippen molar-refractivity contribution in [3.8, 4) is 0 Å². The molecule has 11 heteroatoms. The van der Waals surface area contributed by atoms with Crippen molar-refractivity contribution in [2.75, 3.05) is 11.9 Å². The summed E-state index contributed by atoms with van der Waals surface area (Å²) >= 11 is 1.34. The Labute approximate surface area is 196 Å². The van der Waals surface area contributed by atoms with Crippen molar-refractivity contribution in [1.29, 1.82) is 0 Å². The number of thiophene rings is 1. The van der Waals surface area contributed by atoms with Crippen LogP contribution in [0.2, 0.25) is 0 Å². The first-order valence-corrected chi connectivity index (χ1v) is 12.8. The zero-order valence-electron chi connectivity index (χ0n) is 18.5. The molecule has 0 fully saturated rings.